The van der Waals surface area contributed by atoms with Crippen molar-refractivity contribution in [2.24, 2.45) is 0 Å². The third kappa shape index (κ3) is 4.04. The van der Waals surface area contributed by atoms with E-state index in [-0.39, 0.29) is 5.56 Å². The molecule has 116 valence electrons. The second kappa shape index (κ2) is 7.36. The molecule has 1 aliphatic rings. The predicted molar refractivity (Wildman–Crippen MR) is 90.5 cm³/mol. The topological polar surface area (TPSA) is 37.3 Å². The summed E-state index contributed by atoms with van der Waals surface area (Å²) >= 11 is 0. The zero-order chi connectivity index (χ0) is 15.4. The van der Waals surface area contributed by atoms with Crippen molar-refractivity contribution in [2.75, 3.05) is 0 Å². The third-order valence-corrected chi connectivity index (χ3v) is 13.3. The van der Waals surface area contributed by atoms with Gasteiger partial charge in [-0.3, -0.25) is 0 Å². The van der Waals surface area contributed by atoms with Crippen LogP contribution in [0.2, 0.25) is 11.6 Å². The quantitative estimate of drug-likeness (QED) is 0.845. The molecule has 1 aliphatic carbocycles. The van der Waals surface area contributed by atoms with Crippen LogP contribution >= 0.6 is 0 Å². The molecule has 0 aromatic heterocycles. The molecule has 0 heterocycles. The Labute approximate surface area is 130 Å². The second-order valence-electron chi connectivity index (χ2n) is 6.42. The molecule has 0 aliphatic heterocycles. The number of hydrogen-bond acceptors (Lipinski definition) is 1. The highest BCUT2D eigenvalue weighted by molar-refractivity contribution is 7.04. The van der Waals surface area contributed by atoms with Gasteiger partial charge < -0.3 is 5.11 Å². The normalized spacial score (nSPS) is 23.9. The van der Waals surface area contributed by atoms with E-state index < -0.39 is 20.1 Å². The smallest absolute Gasteiger partial charge is 0.338 e. The highest BCUT2D eigenvalue weighted by Crippen LogP contribution is 2.40. The van der Waals surface area contributed by atoms with Gasteiger partial charge in [-0.05, 0) is 46.2 Å². The molecule has 2 rings (SSSR count). The Morgan fingerprint density at radius 1 is 1.38 bits per heavy atom. The molecule has 1 aromatic rings. The van der Waals surface area contributed by atoms with Crippen LogP contribution in [0.5, 0.6) is 0 Å². The Balaban J connectivity index is 1.99. The van der Waals surface area contributed by atoms with Gasteiger partial charge in [-0.1, -0.05) is 43.8 Å². The number of aromatic carboxylic acids is 1. The molecule has 2 nitrogen and oxygen atoms in total. The van der Waals surface area contributed by atoms with Gasteiger partial charge in [0.1, 0.15) is 5.82 Å². The number of carboxylic acids is 1. The molecule has 0 amide bonds. The summed E-state index contributed by atoms with van der Waals surface area (Å²) in [6, 6.07) is 6.15. The zero-order valence-electron chi connectivity index (χ0n) is 12.9. The predicted octanol–water partition coefficient (Wildman–Crippen LogP) is 3.05. The number of carboxylic acid groups (broad SMARTS) is 1. The van der Waals surface area contributed by atoms with Crippen LogP contribution in [0.15, 0.2) is 18.2 Å². The van der Waals surface area contributed by atoms with Crippen molar-refractivity contribution in [3.05, 3.63) is 35.1 Å². The van der Waals surface area contributed by atoms with E-state index in [9.17, 15) is 9.18 Å². The molecular weight excluding hydrogens is 299 g/mol. The van der Waals surface area contributed by atoms with Crippen molar-refractivity contribution in [1.82, 2.24) is 0 Å². The van der Waals surface area contributed by atoms with Gasteiger partial charge in [-0.15, -0.1) is 0 Å². The van der Waals surface area contributed by atoms with Crippen molar-refractivity contribution < 1.29 is 14.3 Å². The number of rotatable bonds is 5. The molecule has 0 spiro atoms. The maximum Gasteiger partial charge on any atom is 0.338 e. The number of benzene rings is 1. The fourth-order valence-corrected chi connectivity index (χ4v) is 10.3. The van der Waals surface area contributed by atoms with Gasteiger partial charge >= 0.3 is 5.97 Å². The van der Waals surface area contributed by atoms with Gasteiger partial charge in [0.25, 0.3) is 0 Å². The van der Waals surface area contributed by atoms with Crippen LogP contribution in [0.4, 0.5) is 4.39 Å². The molecule has 0 radical (unpaired) electrons. The lowest BCUT2D eigenvalue weighted by molar-refractivity contribution is 0.0692. The highest BCUT2D eigenvalue weighted by Gasteiger charge is 2.26. The van der Waals surface area contributed by atoms with E-state index in [4.69, 9.17) is 5.11 Å². The van der Waals surface area contributed by atoms with Crippen molar-refractivity contribution in [3.63, 3.8) is 0 Å². The summed E-state index contributed by atoms with van der Waals surface area (Å²) in [5.74, 6) is -1.36. The number of halogens is 1. The second-order valence-corrected chi connectivity index (χ2v) is 14.3. The molecule has 21 heavy (non-hydrogen) atoms. The van der Waals surface area contributed by atoms with Crippen LogP contribution in [0.25, 0.3) is 0 Å². The Morgan fingerprint density at radius 3 is 2.57 bits per heavy atom. The first kappa shape index (κ1) is 16.4. The summed E-state index contributed by atoms with van der Waals surface area (Å²) < 4.78 is 13.8. The van der Waals surface area contributed by atoms with E-state index in [2.05, 4.69) is 6.92 Å². The molecule has 0 saturated heterocycles. The van der Waals surface area contributed by atoms with Crippen molar-refractivity contribution in [3.8, 4) is 0 Å². The molecule has 1 N–H and O–H groups in total. The van der Waals surface area contributed by atoms with Gasteiger partial charge in [0.05, 0.1) is 5.56 Å². The van der Waals surface area contributed by atoms with E-state index in [0.29, 0.717) is 5.92 Å². The summed E-state index contributed by atoms with van der Waals surface area (Å²) in [7, 11) is 0.963. The minimum absolute atomic E-state index is 0.220. The van der Waals surface area contributed by atoms with Gasteiger partial charge in [0, 0.05) is 8.31 Å². The molecule has 1 unspecified atom stereocenters. The SMILES string of the molecule is CCC[SiH]([SiH3])C1CCC(c2ccc(C(=O)O)c(F)c2)CC1. The molecular formula is C16H25FO2Si2. The Hall–Kier alpha value is -0.946. The average Bonchev–Trinajstić information content (AvgIpc) is 2.47. The van der Waals surface area contributed by atoms with Crippen molar-refractivity contribution >= 4 is 24.0 Å². The van der Waals surface area contributed by atoms with Crippen LogP contribution in [0, 0.1) is 5.82 Å². The molecule has 0 bridgehead atoms. The van der Waals surface area contributed by atoms with Crippen molar-refractivity contribution in [1.29, 1.82) is 0 Å². The van der Waals surface area contributed by atoms with E-state index in [1.54, 1.807) is 6.07 Å². The third-order valence-electron chi connectivity index (χ3n) is 5.02. The van der Waals surface area contributed by atoms with E-state index in [1.165, 1.54) is 47.2 Å². The fraction of sp³-hybridized carbons (Fsp3) is 0.562. The monoisotopic (exact) mass is 324 g/mol. The molecule has 1 fully saturated rings. The lowest BCUT2D eigenvalue weighted by Crippen LogP contribution is -2.25. The summed E-state index contributed by atoms with van der Waals surface area (Å²) in [6.07, 6.45) is 6.22. The summed E-state index contributed by atoms with van der Waals surface area (Å²) in [4.78, 5) is 10.9. The summed E-state index contributed by atoms with van der Waals surface area (Å²) in [5.41, 5.74) is 1.76. The van der Waals surface area contributed by atoms with Crippen LogP contribution in [-0.4, -0.2) is 29.2 Å². The average molecular weight is 325 g/mol. The lowest BCUT2D eigenvalue weighted by Gasteiger charge is -2.32. The largest absolute Gasteiger partial charge is 0.478 e. The van der Waals surface area contributed by atoms with Crippen LogP contribution in [-0.2, 0) is 0 Å². The Bertz CT molecular complexity index is 499. The molecule has 1 aromatic carbocycles. The van der Waals surface area contributed by atoms with Crippen molar-refractivity contribution in [2.45, 2.75) is 56.5 Å². The summed E-state index contributed by atoms with van der Waals surface area (Å²) in [6.45, 7) is 2.29. The standard InChI is InChI=1S/C16H25FO2Si2/c1-2-9-21(20)13-6-3-11(4-7-13)12-5-8-14(16(18)19)15(17)10-12/h5,8,10-11,13,21H,2-4,6-7,9H2,1,20H3,(H,18,19). The summed E-state index contributed by atoms with van der Waals surface area (Å²) in [5, 5.41) is 8.88. The first-order chi connectivity index (χ1) is 10.0. The first-order valence-corrected chi connectivity index (χ1v) is 14.2. The van der Waals surface area contributed by atoms with Crippen LogP contribution in [0.1, 0.15) is 60.9 Å². The van der Waals surface area contributed by atoms with Crippen LogP contribution in [0.3, 0.4) is 0 Å². The lowest BCUT2D eigenvalue weighted by atomic mass is 9.83. The molecule has 5 heteroatoms. The van der Waals surface area contributed by atoms with E-state index in [1.807, 2.05) is 0 Å². The van der Waals surface area contributed by atoms with Gasteiger partial charge in [-0.25, -0.2) is 9.18 Å². The Morgan fingerprint density at radius 2 is 2.05 bits per heavy atom. The molecule has 1 atom stereocenters. The van der Waals surface area contributed by atoms with Gasteiger partial charge in [0.15, 0.2) is 0 Å². The van der Waals surface area contributed by atoms with E-state index >= 15 is 0 Å². The number of hydrogen-bond donors (Lipinski definition) is 1. The fourth-order valence-electron chi connectivity index (χ4n) is 3.67. The van der Waals surface area contributed by atoms with Gasteiger partial charge in [0.2, 0.25) is 0 Å². The highest BCUT2D eigenvalue weighted by atomic mass is 29.1. The minimum Gasteiger partial charge on any atom is -0.478 e. The first-order valence-electron chi connectivity index (χ1n) is 8.05. The Kier molecular flexibility index (Phi) is 5.75. The number of carbonyl (C=O) groups is 1. The van der Waals surface area contributed by atoms with Gasteiger partial charge in [-0.2, -0.15) is 0 Å². The molecule has 1 saturated carbocycles. The zero-order valence-corrected chi connectivity index (χ0v) is 16.1. The maximum atomic E-state index is 13.8. The van der Waals surface area contributed by atoms with E-state index in [0.717, 1.165) is 23.9 Å². The maximum absolute atomic E-state index is 13.8. The van der Waals surface area contributed by atoms with Crippen LogP contribution < -0.4 is 0 Å². The minimum atomic E-state index is -1.19.